The first-order chi connectivity index (χ1) is 14.4. The van der Waals surface area contributed by atoms with E-state index in [2.05, 4.69) is 6.92 Å². The summed E-state index contributed by atoms with van der Waals surface area (Å²) in [5, 5.41) is 0.954. The van der Waals surface area contributed by atoms with Crippen LogP contribution < -0.4 is 11.2 Å². The fraction of sp³-hybridized carbons (Fsp3) is 0.348. The number of fused-ring (bicyclic) bond motifs is 1. The average Bonchev–Trinajstić information content (AvgIpc) is 2.74. The highest BCUT2D eigenvalue weighted by Crippen LogP contribution is 2.17. The Bertz CT molecular complexity index is 1210. The van der Waals surface area contributed by atoms with Crippen LogP contribution in [0.3, 0.4) is 0 Å². The van der Waals surface area contributed by atoms with Gasteiger partial charge in [0.15, 0.2) is 0 Å². The highest BCUT2D eigenvalue weighted by atomic mass is 35.5. The molecule has 4 rings (SSSR count). The fourth-order valence-electron chi connectivity index (χ4n) is 3.97. The van der Waals surface area contributed by atoms with Gasteiger partial charge in [0.1, 0.15) is 6.54 Å². The maximum absolute atomic E-state index is 13.3. The van der Waals surface area contributed by atoms with Crippen molar-refractivity contribution in [3.63, 3.8) is 0 Å². The predicted octanol–water partition coefficient (Wildman–Crippen LogP) is 3.12. The smallest absolute Gasteiger partial charge is 0.332 e. The molecule has 1 aromatic heterocycles. The SMILES string of the molecule is CC1CCN(C(=O)Cn2c(=O)n(Cc3cccc(Cl)c3)c(=O)c3ccccc32)CC1. The minimum Gasteiger partial charge on any atom is -0.341 e. The van der Waals surface area contributed by atoms with Crippen molar-refractivity contribution >= 4 is 28.4 Å². The molecule has 0 radical (unpaired) electrons. The Hall–Kier alpha value is -2.86. The third kappa shape index (κ3) is 4.05. The maximum Gasteiger partial charge on any atom is 0.332 e. The second-order valence-electron chi connectivity index (χ2n) is 7.97. The zero-order valence-corrected chi connectivity index (χ0v) is 17.6. The number of carbonyl (C=O) groups excluding carboxylic acids is 1. The van der Waals surface area contributed by atoms with Gasteiger partial charge in [-0.15, -0.1) is 0 Å². The molecule has 156 valence electrons. The Balaban J connectivity index is 1.76. The molecule has 0 atom stereocenters. The molecule has 7 heteroatoms. The Labute approximate surface area is 179 Å². The number of likely N-dealkylation sites (tertiary alicyclic amines) is 1. The molecule has 0 saturated carbocycles. The Morgan fingerprint density at radius 2 is 1.77 bits per heavy atom. The van der Waals surface area contributed by atoms with E-state index < -0.39 is 5.69 Å². The minimum absolute atomic E-state index is 0.0798. The quantitative estimate of drug-likeness (QED) is 0.645. The summed E-state index contributed by atoms with van der Waals surface area (Å²) < 4.78 is 2.60. The van der Waals surface area contributed by atoms with Crippen molar-refractivity contribution in [2.24, 2.45) is 5.92 Å². The van der Waals surface area contributed by atoms with Crippen LogP contribution in [0, 0.1) is 5.92 Å². The van der Waals surface area contributed by atoms with Crippen LogP contribution in [-0.2, 0) is 17.9 Å². The van der Waals surface area contributed by atoms with Crippen molar-refractivity contribution in [3.8, 4) is 0 Å². The van der Waals surface area contributed by atoms with E-state index in [0.717, 1.165) is 18.4 Å². The molecular formula is C23H24ClN3O3. The van der Waals surface area contributed by atoms with Gasteiger partial charge in [0, 0.05) is 18.1 Å². The van der Waals surface area contributed by atoms with E-state index in [9.17, 15) is 14.4 Å². The largest absolute Gasteiger partial charge is 0.341 e. The average molecular weight is 426 g/mol. The number of para-hydroxylation sites is 1. The number of amides is 1. The summed E-state index contributed by atoms with van der Waals surface area (Å²) >= 11 is 6.06. The number of nitrogens with zero attached hydrogens (tertiary/aromatic N) is 3. The van der Waals surface area contributed by atoms with E-state index in [-0.39, 0.29) is 24.6 Å². The molecule has 1 fully saturated rings. The van der Waals surface area contributed by atoms with Crippen LogP contribution in [0.15, 0.2) is 58.1 Å². The molecule has 2 heterocycles. The van der Waals surface area contributed by atoms with Crippen LogP contribution in [0.1, 0.15) is 25.3 Å². The standard InChI is InChI=1S/C23H24ClN3O3/c1-16-9-11-25(12-10-16)21(28)15-26-20-8-3-2-7-19(20)22(29)27(23(26)30)14-17-5-4-6-18(24)13-17/h2-8,13,16H,9-12,14-15H2,1H3. The maximum atomic E-state index is 13.3. The Morgan fingerprint density at radius 3 is 2.50 bits per heavy atom. The number of carbonyl (C=O) groups is 1. The van der Waals surface area contributed by atoms with E-state index in [4.69, 9.17) is 11.6 Å². The van der Waals surface area contributed by atoms with Crippen molar-refractivity contribution in [1.29, 1.82) is 0 Å². The number of piperidine rings is 1. The first kappa shape index (κ1) is 20.4. The zero-order valence-electron chi connectivity index (χ0n) is 16.9. The van der Waals surface area contributed by atoms with Crippen molar-refractivity contribution in [1.82, 2.24) is 14.0 Å². The molecule has 1 saturated heterocycles. The molecule has 0 unspecified atom stereocenters. The van der Waals surface area contributed by atoms with Crippen molar-refractivity contribution in [2.75, 3.05) is 13.1 Å². The first-order valence-corrected chi connectivity index (χ1v) is 10.6. The number of rotatable bonds is 4. The van der Waals surface area contributed by atoms with Crippen LogP contribution in [0.4, 0.5) is 0 Å². The molecule has 0 aliphatic carbocycles. The highest BCUT2D eigenvalue weighted by molar-refractivity contribution is 6.30. The van der Waals surface area contributed by atoms with E-state index in [0.29, 0.717) is 34.9 Å². The fourth-order valence-corrected chi connectivity index (χ4v) is 4.19. The molecule has 3 aromatic rings. The molecular weight excluding hydrogens is 402 g/mol. The topological polar surface area (TPSA) is 64.3 Å². The molecule has 0 bridgehead atoms. The lowest BCUT2D eigenvalue weighted by molar-refractivity contribution is -0.133. The van der Waals surface area contributed by atoms with E-state index in [1.54, 1.807) is 42.5 Å². The first-order valence-electron chi connectivity index (χ1n) is 10.2. The van der Waals surface area contributed by atoms with Gasteiger partial charge in [-0.05, 0) is 48.6 Å². The number of hydrogen-bond acceptors (Lipinski definition) is 3. The number of aromatic nitrogens is 2. The summed E-state index contributed by atoms with van der Waals surface area (Å²) in [5.74, 6) is 0.513. The number of halogens is 1. The van der Waals surface area contributed by atoms with Crippen LogP contribution in [0.2, 0.25) is 5.02 Å². The summed E-state index contributed by atoms with van der Waals surface area (Å²) in [6.07, 6.45) is 1.94. The van der Waals surface area contributed by atoms with Crippen molar-refractivity contribution in [2.45, 2.75) is 32.9 Å². The van der Waals surface area contributed by atoms with Gasteiger partial charge in [-0.2, -0.15) is 0 Å². The zero-order chi connectivity index (χ0) is 21.3. The van der Waals surface area contributed by atoms with E-state index >= 15 is 0 Å². The summed E-state index contributed by atoms with van der Waals surface area (Å²) in [5.41, 5.74) is 0.372. The van der Waals surface area contributed by atoms with Gasteiger partial charge in [-0.3, -0.25) is 18.7 Å². The lowest BCUT2D eigenvalue weighted by Crippen LogP contribution is -2.45. The van der Waals surface area contributed by atoms with Gasteiger partial charge >= 0.3 is 5.69 Å². The lowest BCUT2D eigenvalue weighted by atomic mass is 9.99. The van der Waals surface area contributed by atoms with Gasteiger partial charge in [0.2, 0.25) is 5.91 Å². The summed E-state index contributed by atoms with van der Waals surface area (Å²) in [6.45, 7) is 3.61. The molecule has 2 aromatic carbocycles. The highest BCUT2D eigenvalue weighted by Gasteiger charge is 2.22. The molecule has 0 N–H and O–H groups in total. The number of hydrogen-bond donors (Lipinski definition) is 0. The van der Waals surface area contributed by atoms with Crippen LogP contribution in [-0.4, -0.2) is 33.0 Å². The van der Waals surface area contributed by atoms with Gasteiger partial charge in [-0.25, -0.2) is 4.79 Å². The van der Waals surface area contributed by atoms with Gasteiger partial charge < -0.3 is 4.90 Å². The second-order valence-corrected chi connectivity index (χ2v) is 8.41. The monoisotopic (exact) mass is 425 g/mol. The molecule has 0 spiro atoms. The Kier molecular flexibility index (Phi) is 5.77. The number of benzene rings is 2. The van der Waals surface area contributed by atoms with Crippen molar-refractivity contribution < 1.29 is 4.79 Å². The third-order valence-electron chi connectivity index (χ3n) is 5.79. The second kappa shape index (κ2) is 8.48. The van der Waals surface area contributed by atoms with E-state index in [1.165, 1.54) is 9.13 Å². The van der Waals surface area contributed by atoms with Gasteiger partial charge in [0.25, 0.3) is 5.56 Å². The Morgan fingerprint density at radius 1 is 1.03 bits per heavy atom. The third-order valence-corrected chi connectivity index (χ3v) is 6.03. The molecule has 1 aliphatic heterocycles. The summed E-state index contributed by atoms with van der Waals surface area (Å²) in [7, 11) is 0. The minimum atomic E-state index is -0.489. The molecule has 1 amide bonds. The van der Waals surface area contributed by atoms with E-state index in [1.807, 2.05) is 11.0 Å². The molecule has 1 aliphatic rings. The van der Waals surface area contributed by atoms with Crippen LogP contribution in [0.25, 0.3) is 10.9 Å². The summed E-state index contributed by atoms with van der Waals surface area (Å²) in [6, 6.07) is 14.0. The van der Waals surface area contributed by atoms with Crippen LogP contribution in [0.5, 0.6) is 0 Å². The molecule has 30 heavy (non-hydrogen) atoms. The normalized spacial score (nSPS) is 14.9. The van der Waals surface area contributed by atoms with Crippen LogP contribution >= 0.6 is 11.6 Å². The van der Waals surface area contributed by atoms with Gasteiger partial charge in [0.05, 0.1) is 17.4 Å². The predicted molar refractivity (Wildman–Crippen MR) is 118 cm³/mol. The van der Waals surface area contributed by atoms with Gasteiger partial charge in [-0.1, -0.05) is 42.8 Å². The summed E-state index contributed by atoms with van der Waals surface area (Å²) in [4.78, 5) is 41.1. The lowest BCUT2D eigenvalue weighted by Gasteiger charge is -2.30. The molecule has 6 nitrogen and oxygen atoms in total. The van der Waals surface area contributed by atoms with Crippen molar-refractivity contribution in [3.05, 3.63) is 80.0 Å².